The van der Waals surface area contributed by atoms with Crippen molar-refractivity contribution in [3.8, 4) is 6.07 Å². The highest BCUT2D eigenvalue weighted by Gasteiger charge is 2.35. The van der Waals surface area contributed by atoms with Crippen molar-refractivity contribution >= 4 is 5.71 Å². The summed E-state index contributed by atoms with van der Waals surface area (Å²) in [5.41, 5.74) is 1.18. The van der Waals surface area contributed by atoms with Crippen molar-refractivity contribution < 1.29 is 0 Å². The van der Waals surface area contributed by atoms with E-state index in [-0.39, 0.29) is 11.5 Å². The summed E-state index contributed by atoms with van der Waals surface area (Å²) < 4.78 is 0. The van der Waals surface area contributed by atoms with Crippen LogP contribution in [0.3, 0.4) is 0 Å². The molecule has 1 aliphatic rings. The maximum Gasteiger partial charge on any atom is 0.134 e. The van der Waals surface area contributed by atoms with Crippen molar-refractivity contribution in [2.75, 3.05) is 0 Å². The van der Waals surface area contributed by atoms with Crippen molar-refractivity contribution in [2.45, 2.75) is 53.1 Å². The summed E-state index contributed by atoms with van der Waals surface area (Å²) in [6.07, 6.45) is 0.872. The number of nitrogens with zero attached hydrogens (tertiary/aromatic N) is 3. The van der Waals surface area contributed by atoms with E-state index in [1.807, 2.05) is 11.9 Å². The van der Waals surface area contributed by atoms with E-state index in [0.29, 0.717) is 6.04 Å². The minimum Gasteiger partial charge on any atom is -0.277 e. The lowest BCUT2D eigenvalue weighted by Crippen LogP contribution is -2.45. The van der Waals surface area contributed by atoms with Crippen molar-refractivity contribution in [1.29, 1.82) is 5.26 Å². The maximum atomic E-state index is 9.07. The van der Waals surface area contributed by atoms with Gasteiger partial charge in [0.15, 0.2) is 0 Å². The van der Waals surface area contributed by atoms with Crippen molar-refractivity contribution in [3.05, 3.63) is 0 Å². The summed E-state index contributed by atoms with van der Waals surface area (Å²) in [5, 5.41) is 15.5. The third kappa shape index (κ3) is 1.89. The first kappa shape index (κ1) is 11.0. The zero-order chi connectivity index (χ0) is 10.9. The molecule has 0 saturated heterocycles. The Bertz CT molecular complexity index is 283. The normalized spacial score (nSPS) is 25.9. The second-order valence-corrected chi connectivity index (χ2v) is 4.89. The lowest BCUT2D eigenvalue weighted by Gasteiger charge is -2.40. The smallest absolute Gasteiger partial charge is 0.134 e. The van der Waals surface area contributed by atoms with Crippen LogP contribution in [0.5, 0.6) is 0 Å². The minimum atomic E-state index is -0.0753. The van der Waals surface area contributed by atoms with Gasteiger partial charge in [-0.05, 0) is 27.2 Å². The maximum absolute atomic E-state index is 9.07. The topological polar surface area (TPSA) is 39.4 Å². The van der Waals surface area contributed by atoms with E-state index in [9.17, 15) is 0 Å². The highest BCUT2D eigenvalue weighted by Crippen LogP contribution is 2.32. The van der Waals surface area contributed by atoms with Gasteiger partial charge in [0.25, 0.3) is 0 Å². The summed E-state index contributed by atoms with van der Waals surface area (Å²) in [7, 11) is 0. The molecule has 1 rings (SSSR count). The first-order valence-corrected chi connectivity index (χ1v) is 5.12. The summed E-state index contributed by atoms with van der Waals surface area (Å²) in [6.45, 7) is 10.5. The SMILES string of the molecule is CC1=NN(C(C)C)C(C#N)CC1(C)C. The van der Waals surface area contributed by atoms with Crippen molar-refractivity contribution in [1.82, 2.24) is 5.01 Å². The molecule has 0 saturated carbocycles. The zero-order valence-electron chi connectivity index (χ0n) is 9.70. The second kappa shape index (κ2) is 3.61. The van der Waals surface area contributed by atoms with Crippen LogP contribution in [0, 0.1) is 16.7 Å². The van der Waals surface area contributed by atoms with E-state index in [2.05, 4.69) is 38.9 Å². The van der Waals surface area contributed by atoms with E-state index in [0.717, 1.165) is 12.1 Å². The van der Waals surface area contributed by atoms with Gasteiger partial charge in [0, 0.05) is 17.2 Å². The molecule has 1 atom stereocenters. The predicted molar refractivity (Wildman–Crippen MR) is 57.9 cm³/mol. The molecule has 0 spiro atoms. The molecule has 0 N–H and O–H groups in total. The third-order valence-corrected chi connectivity index (χ3v) is 2.95. The summed E-state index contributed by atoms with van der Waals surface area (Å²) >= 11 is 0. The molecule has 0 radical (unpaired) electrons. The fraction of sp³-hybridized carbons (Fsp3) is 0.818. The van der Waals surface area contributed by atoms with Gasteiger partial charge in [-0.1, -0.05) is 13.8 Å². The van der Waals surface area contributed by atoms with E-state index in [1.54, 1.807) is 0 Å². The molecule has 1 unspecified atom stereocenters. The average Bonchev–Trinajstić information content (AvgIpc) is 2.08. The Labute approximate surface area is 86.4 Å². The fourth-order valence-electron chi connectivity index (χ4n) is 1.68. The van der Waals surface area contributed by atoms with Crippen LogP contribution in [0.2, 0.25) is 0 Å². The first-order chi connectivity index (χ1) is 6.38. The molecular formula is C11H19N3. The summed E-state index contributed by atoms with van der Waals surface area (Å²) in [4.78, 5) is 0. The zero-order valence-corrected chi connectivity index (χ0v) is 9.70. The molecular weight excluding hydrogens is 174 g/mol. The van der Waals surface area contributed by atoms with Gasteiger partial charge in [0.2, 0.25) is 0 Å². The Kier molecular flexibility index (Phi) is 2.84. The number of hydrazone groups is 1. The summed E-state index contributed by atoms with van der Waals surface area (Å²) in [6, 6.07) is 2.55. The Morgan fingerprint density at radius 3 is 2.57 bits per heavy atom. The number of rotatable bonds is 1. The largest absolute Gasteiger partial charge is 0.277 e. The minimum absolute atomic E-state index is 0.0613. The van der Waals surface area contributed by atoms with Gasteiger partial charge < -0.3 is 0 Å². The highest BCUT2D eigenvalue weighted by atomic mass is 15.5. The number of nitriles is 1. The summed E-state index contributed by atoms with van der Waals surface area (Å²) in [5.74, 6) is 0. The molecule has 0 aromatic rings. The van der Waals surface area contributed by atoms with Crippen molar-refractivity contribution in [3.63, 3.8) is 0 Å². The molecule has 0 bridgehead atoms. The van der Waals surface area contributed by atoms with Crippen LogP contribution in [0.15, 0.2) is 5.10 Å². The van der Waals surface area contributed by atoms with Crippen LogP contribution in [-0.2, 0) is 0 Å². The monoisotopic (exact) mass is 193 g/mol. The molecule has 1 heterocycles. The first-order valence-electron chi connectivity index (χ1n) is 5.12. The average molecular weight is 193 g/mol. The quantitative estimate of drug-likeness (QED) is 0.641. The molecule has 0 amide bonds. The van der Waals surface area contributed by atoms with Gasteiger partial charge >= 0.3 is 0 Å². The molecule has 14 heavy (non-hydrogen) atoms. The molecule has 0 aromatic carbocycles. The Morgan fingerprint density at radius 2 is 2.14 bits per heavy atom. The van der Waals surface area contributed by atoms with Crippen molar-refractivity contribution in [2.24, 2.45) is 10.5 Å². The molecule has 0 aromatic heterocycles. The van der Waals surface area contributed by atoms with Gasteiger partial charge in [-0.2, -0.15) is 10.4 Å². The van der Waals surface area contributed by atoms with Crippen LogP contribution in [0.1, 0.15) is 41.0 Å². The Hall–Kier alpha value is -1.04. The van der Waals surface area contributed by atoms with Gasteiger partial charge in [0.1, 0.15) is 6.04 Å². The lowest BCUT2D eigenvalue weighted by molar-refractivity contribution is 0.144. The highest BCUT2D eigenvalue weighted by molar-refractivity contribution is 5.87. The predicted octanol–water partition coefficient (Wildman–Crippen LogP) is 2.39. The van der Waals surface area contributed by atoms with E-state index >= 15 is 0 Å². The second-order valence-electron chi connectivity index (χ2n) is 4.89. The van der Waals surface area contributed by atoms with E-state index < -0.39 is 0 Å². The molecule has 3 nitrogen and oxygen atoms in total. The van der Waals surface area contributed by atoms with Crippen LogP contribution in [-0.4, -0.2) is 22.8 Å². The van der Waals surface area contributed by atoms with Gasteiger partial charge in [-0.25, -0.2) is 0 Å². The molecule has 0 aliphatic carbocycles. The van der Waals surface area contributed by atoms with Crippen LogP contribution in [0.4, 0.5) is 0 Å². The standard InChI is InChI=1S/C11H19N3/c1-8(2)14-10(7-12)6-11(4,5)9(3)13-14/h8,10H,6H2,1-5H3. The van der Waals surface area contributed by atoms with E-state index in [1.165, 1.54) is 0 Å². The lowest BCUT2D eigenvalue weighted by atomic mass is 9.80. The number of hydrogen-bond acceptors (Lipinski definition) is 3. The van der Waals surface area contributed by atoms with Gasteiger partial charge in [0.05, 0.1) is 6.07 Å². The fourth-order valence-corrected chi connectivity index (χ4v) is 1.68. The van der Waals surface area contributed by atoms with Crippen LogP contribution < -0.4 is 0 Å². The number of hydrogen-bond donors (Lipinski definition) is 0. The molecule has 78 valence electrons. The van der Waals surface area contributed by atoms with Gasteiger partial charge in [-0.15, -0.1) is 0 Å². The third-order valence-electron chi connectivity index (χ3n) is 2.95. The van der Waals surface area contributed by atoms with Gasteiger partial charge in [-0.3, -0.25) is 5.01 Å². The molecule has 1 aliphatic heterocycles. The Morgan fingerprint density at radius 1 is 1.57 bits per heavy atom. The van der Waals surface area contributed by atoms with Crippen LogP contribution >= 0.6 is 0 Å². The Balaban J connectivity index is 3.00. The molecule has 0 fully saturated rings. The van der Waals surface area contributed by atoms with E-state index in [4.69, 9.17) is 5.26 Å². The molecule has 3 heteroatoms. The van der Waals surface area contributed by atoms with Crippen LogP contribution in [0.25, 0.3) is 0 Å².